The Hall–Kier alpha value is -1.26. The molecular weight excluding hydrogens is 273 g/mol. The predicted molar refractivity (Wildman–Crippen MR) is 69.9 cm³/mol. The Kier molecular flexibility index (Phi) is 2.92. The van der Waals surface area contributed by atoms with E-state index < -0.39 is 0 Å². The molecule has 1 fully saturated rings. The third-order valence-electron chi connectivity index (χ3n) is 2.98. The molecule has 0 N–H and O–H groups in total. The van der Waals surface area contributed by atoms with Crippen molar-refractivity contribution in [2.45, 2.75) is 18.8 Å². The van der Waals surface area contributed by atoms with E-state index in [1.54, 1.807) is 7.11 Å². The molecule has 0 aliphatic heterocycles. The van der Waals surface area contributed by atoms with Gasteiger partial charge < -0.3 is 4.74 Å². The Balaban J connectivity index is 2.09. The lowest BCUT2D eigenvalue weighted by molar-refractivity contribution is 0.415. The highest BCUT2D eigenvalue weighted by Gasteiger charge is 2.30. The zero-order chi connectivity index (χ0) is 12.7. The highest BCUT2D eigenvalue weighted by Crippen LogP contribution is 2.41. The van der Waals surface area contributed by atoms with Gasteiger partial charge in [0.2, 0.25) is 5.28 Å². The SMILES string of the molecule is COc1ccc(-n2c(Cl)nnc2C2CC2)cc1Cl. The highest BCUT2D eigenvalue weighted by molar-refractivity contribution is 6.32. The number of ether oxygens (including phenoxy) is 1. The van der Waals surface area contributed by atoms with Gasteiger partial charge in [0.15, 0.2) is 0 Å². The molecule has 1 aliphatic carbocycles. The van der Waals surface area contributed by atoms with Gasteiger partial charge in [0.25, 0.3) is 0 Å². The summed E-state index contributed by atoms with van der Waals surface area (Å²) in [5.74, 6) is 2.00. The Morgan fingerprint density at radius 1 is 1.28 bits per heavy atom. The number of benzene rings is 1. The van der Waals surface area contributed by atoms with Crippen LogP contribution >= 0.6 is 23.2 Å². The minimum absolute atomic E-state index is 0.359. The summed E-state index contributed by atoms with van der Waals surface area (Å²) in [6.07, 6.45) is 2.28. The number of rotatable bonds is 3. The highest BCUT2D eigenvalue weighted by atomic mass is 35.5. The lowest BCUT2D eigenvalue weighted by Gasteiger charge is -2.09. The van der Waals surface area contributed by atoms with Gasteiger partial charge in [0.05, 0.1) is 17.8 Å². The van der Waals surface area contributed by atoms with Gasteiger partial charge in [-0.2, -0.15) is 0 Å². The van der Waals surface area contributed by atoms with Gasteiger partial charge in [-0.15, -0.1) is 10.2 Å². The summed E-state index contributed by atoms with van der Waals surface area (Å²) in [5, 5.41) is 8.97. The standard InChI is InChI=1S/C12H11Cl2N3O/c1-18-10-5-4-8(6-9(10)13)17-11(7-2-3-7)15-16-12(17)14/h4-7H,2-3H2,1H3. The fraction of sp³-hybridized carbons (Fsp3) is 0.333. The molecule has 1 aromatic heterocycles. The topological polar surface area (TPSA) is 39.9 Å². The number of aromatic nitrogens is 3. The third kappa shape index (κ3) is 1.95. The molecule has 0 bridgehead atoms. The molecule has 6 heteroatoms. The number of methoxy groups -OCH3 is 1. The molecule has 0 atom stereocenters. The van der Waals surface area contributed by atoms with Crippen molar-refractivity contribution in [1.82, 2.24) is 14.8 Å². The second-order valence-corrected chi connectivity index (χ2v) is 5.00. The monoisotopic (exact) mass is 283 g/mol. The first kappa shape index (κ1) is 11.8. The van der Waals surface area contributed by atoms with Crippen molar-refractivity contribution in [3.63, 3.8) is 0 Å². The quantitative estimate of drug-likeness (QED) is 0.866. The lowest BCUT2D eigenvalue weighted by atomic mass is 10.3. The normalized spacial score (nSPS) is 14.8. The van der Waals surface area contributed by atoms with E-state index in [9.17, 15) is 0 Å². The number of halogens is 2. The maximum absolute atomic E-state index is 6.12. The number of nitrogens with zero attached hydrogens (tertiary/aromatic N) is 3. The summed E-state index contributed by atoms with van der Waals surface area (Å²) in [7, 11) is 1.59. The lowest BCUT2D eigenvalue weighted by Crippen LogP contribution is -2.00. The minimum atomic E-state index is 0.359. The summed E-state index contributed by atoms with van der Waals surface area (Å²) in [5.41, 5.74) is 0.859. The van der Waals surface area contributed by atoms with Crippen LogP contribution < -0.4 is 4.74 Å². The molecule has 0 saturated heterocycles. The van der Waals surface area contributed by atoms with Gasteiger partial charge in [-0.3, -0.25) is 4.57 Å². The fourth-order valence-corrected chi connectivity index (χ4v) is 2.39. The van der Waals surface area contributed by atoms with Crippen LogP contribution in [0.3, 0.4) is 0 Å². The second-order valence-electron chi connectivity index (χ2n) is 4.26. The van der Waals surface area contributed by atoms with Crippen molar-refractivity contribution < 1.29 is 4.74 Å². The zero-order valence-electron chi connectivity index (χ0n) is 9.73. The van der Waals surface area contributed by atoms with Crippen LogP contribution in [-0.2, 0) is 0 Å². The van der Waals surface area contributed by atoms with Gasteiger partial charge in [0.1, 0.15) is 11.6 Å². The van der Waals surface area contributed by atoms with Crippen LogP contribution in [0.5, 0.6) is 5.75 Å². The molecule has 2 aromatic rings. The van der Waals surface area contributed by atoms with Gasteiger partial charge in [0, 0.05) is 5.92 Å². The molecular formula is C12H11Cl2N3O. The summed E-state index contributed by atoms with van der Waals surface area (Å²) >= 11 is 12.2. The van der Waals surface area contributed by atoms with Crippen molar-refractivity contribution in [3.8, 4) is 11.4 Å². The largest absolute Gasteiger partial charge is 0.495 e. The van der Waals surface area contributed by atoms with Crippen LogP contribution in [0.4, 0.5) is 0 Å². The smallest absolute Gasteiger partial charge is 0.229 e. The Labute approximate surface area is 114 Å². The van der Waals surface area contributed by atoms with Crippen molar-refractivity contribution in [1.29, 1.82) is 0 Å². The van der Waals surface area contributed by atoms with E-state index >= 15 is 0 Å². The van der Waals surface area contributed by atoms with Crippen LogP contribution in [-0.4, -0.2) is 21.9 Å². The van der Waals surface area contributed by atoms with Gasteiger partial charge in [-0.25, -0.2) is 0 Å². The number of hydrogen-bond donors (Lipinski definition) is 0. The van der Waals surface area contributed by atoms with E-state index in [0.29, 0.717) is 22.0 Å². The first-order valence-electron chi connectivity index (χ1n) is 5.65. The first-order valence-corrected chi connectivity index (χ1v) is 6.41. The van der Waals surface area contributed by atoms with E-state index in [1.807, 2.05) is 22.8 Å². The molecule has 1 heterocycles. The number of hydrogen-bond acceptors (Lipinski definition) is 3. The molecule has 0 amide bonds. The summed E-state index contributed by atoms with van der Waals surface area (Å²) in [6, 6.07) is 5.51. The minimum Gasteiger partial charge on any atom is -0.495 e. The average Bonchev–Trinajstić information content (AvgIpc) is 3.13. The zero-order valence-corrected chi connectivity index (χ0v) is 11.2. The van der Waals surface area contributed by atoms with Crippen LogP contribution in [0.2, 0.25) is 10.3 Å². The Morgan fingerprint density at radius 3 is 2.67 bits per heavy atom. The van der Waals surface area contributed by atoms with Crippen LogP contribution in [0.1, 0.15) is 24.6 Å². The molecule has 1 aromatic carbocycles. The predicted octanol–water partition coefficient (Wildman–Crippen LogP) is 3.46. The summed E-state index contributed by atoms with van der Waals surface area (Å²) in [4.78, 5) is 0. The van der Waals surface area contributed by atoms with Gasteiger partial charge in [-0.1, -0.05) is 11.6 Å². The van der Waals surface area contributed by atoms with Crippen LogP contribution in [0.15, 0.2) is 18.2 Å². The Bertz CT molecular complexity index is 593. The van der Waals surface area contributed by atoms with Crippen LogP contribution in [0.25, 0.3) is 5.69 Å². The maximum Gasteiger partial charge on any atom is 0.229 e. The molecule has 1 saturated carbocycles. The van der Waals surface area contributed by atoms with Gasteiger partial charge >= 0.3 is 0 Å². The molecule has 3 rings (SSSR count). The Morgan fingerprint density at radius 2 is 2.06 bits per heavy atom. The van der Waals surface area contributed by atoms with E-state index in [0.717, 1.165) is 24.4 Å². The fourth-order valence-electron chi connectivity index (χ4n) is 1.92. The first-order chi connectivity index (χ1) is 8.70. The van der Waals surface area contributed by atoms with Crippen molar-refractivity contribution >= 4 is 23.2 Å². The summed E-state index contributed by atoms with van der Waals surface area (Å²) in [6.45, 7) is 0. The molecule has 4 nitrogen and oxygen atoms in total. The third-order valence-corrected chi connectivity index (χ3v) is 3.52. The van der Waals surface area contributed by atoms with E-state index in [1.165, 1.54) is 0 Å². The van der Waals surface area contributed by atoms with E-state index in [2.05, 4.69) is 10.2 Å². The second kappa shape index (κ2) is 4.44. The average molecular weight is 284 g/mol. The molecule has 94 valence electrons. The maximum atomic E-state index is 6.12. The van der Waals surface area contributed by atoms with Crippen molar-refractivity contribution in [2.75, 3.05) is 7.11 Å². The molecule has 0 unspecified atom stereocenters. The molecule has 1 aliphatic rings. The van der Waals surface area contributed by atoms with Crippen molar-refractivity contribution in [2.24, 2.45) is 0 Å². The van der Waals surface area contributed by atoms with Crippen LogP contribution in [0, 0.1) is 0 Å². The van der Waals surface area contributed by atoms with E-state index in [4.69, 9.17) is 27.9 Å². The van der Waals surface area contributed by atoms with Gasteiger partial charge in [-0.05, 0) is 42.6 Å². The molecule has 0 spiro atoms. The van der Waals surface area contributed by atoms with Crippen molar-refractivity contribution in [3.05, 3.63) is 34.3 Å². The molecule has 18 heavy (non-hydrogen) atoms. The van der Waals surface area contributed by atoms with E-state index in [-0.39, 0.29) is 0 Å². The molecule has 0 radical (unpaired) electrons. The summed E-state index contributed by atoms with van der Waals surface area (Å²) < 4.78 is 6.97.